The van der Waals surface area contributed by atoms with Gasteiger partial charge in [-0.15, -0.1) is 0 Å². The van der Waals surface area contributed by atoms with E-state index in [4.69, 9.17) is 23.2 Å². The summed E-state index contributed by atoms with van der Waals surface area (Å²) >= 11 is 12.8. The highest BCUT2D eigenvalue weighted by molar-refractivity contribution is 7.99. The number of methoxy groups -OCH3 is 1. The molecule has 18 heavy (non-hydrogen) atoms. The highest BCUT2D eigenvalue weighted by Gasteiger charge is 2.44. The number of halogens is 2. The van der Waals surface area contributed by atoms with Crippen LogP contribution in [0, 0.1) is 5.41 Å². The molecule has 1 aliphatic rings. The normalized spacial score (nSPS) is 16.4. The van der Waals surface area contributed by atoms with E-state index < -0.39 is 0 Å². The lowest BCUT2D eigenvalue weighted by Crippen LogP contribution is -2.13. The Kier molecular flexibility index (Phi) is 4.29. The van der Waals surface area contributed by atoms with Crippen molar-refractivity contribution in [2.45, 2.75) is 24.4 Å². The van der Waals surface area contributed by atoms with Crippen LogP contribution in [0.25, 0.3) is 0 Å². The van der Waals surface area contributed by atoms with Crippen LogP contribution in [0.5, 0.6) is 0 Å². The summed E-state index contributed by atoms with van der Waals surface area (Å²) in [6, 6.07) is 0. The Balaban J connectivity index is 1.93. The van der Waals surface area contributed by atoms with Gasteiger partial charge in [-0.3, -0.25) is 4.79 Å². The molecular weight excluding hydrogens is 297 g/mol. The van der Waals surface area contributed by atoms with E-state index in [2.05, 4.69) is 19.7 Å². The van der Waals surface area contributed by atoms with Crippen LogP contribution in [-0.4, -0.2) is 33.8 Å². The summed E-state index contributed by atoms with van der Waals surface area (Å²) < 4.78 is 4.68. The molecule has 98 valence electrons. The molecule has 5 nitrogen and oxygen atoms in total. The second kappa shape index (κ2) is 5.59. The first-order chi connectivity index (χ1) is 8.53. The zero-order valence-corrected chi connectivity index (χ0v) is 12.0. The van der Waals surface area contributed by atoms with E-state index in [0.717, 1.165) is 18.6 Å². The van der Waals surface area contributed by atoms with E-state index >= 15 is 0 Å². The third-order valence-electron chi connectivity index (χ3n) is 2.77. The van der Waals surface area contributed by atoms with Crippen LogP contribution >= 0.6 is 35.0 Å². The van der Waals surface area contributed by atoms with Crippen molar-refractivity contribution in [1.29, 1.82) is 0 Å². The van der Waals surface area contributed by atoms with Gasteiger partial charge in [-0.05, 0) is 41.5 Å². The van der Waals surface area contributed by atoms with Crippen molar-refractivity contribution in [3.8, 4) is 0 Å². The summed E-state index contributed by atoms with van der Waals surface area (Å²) in [4.78, 5) is 22.9. The number of aromatic nitrogens is 3. The Morgan fingerprint density at radius 2 is 1.94 bits per heavy atom. The SMILES string of the molecule is COC(=O)CC1(CSc2nc(Cl)nc(Cl)n2)CC1. The minimum Gasteiger partial charge on any atom is -0.469 e. The molecular formula is C10H11Cl2N3O2S. The van der Waals surface area contributed by atoms with E-state index in [1.54, 1.807) is 0 Å². The molecule has 1 fully saturated rings. The van der Waals surface area contributed by atoms with Crippen molar-refractivity contribution in [3.05, 3.63) is 10.6 Å². The molecule has 0 spiro atoms. The summed E-state index contributed by atoms with van der Waals surface area (Å²) in [6.45, 7) is 0. The molecule has 0 aliphatic heterocycles. The number of esters is 1. The van der Waals surface area contributed by atoms with Gasteiger partial charge in [0.1, 0.15) is 0 Å². The second-order valence-corrected chi connectivity index (χ2v) is 5.82. The number of carbonyl (C=O) groups is 1. The van der Waals surface area contributed by atoms with Crippen molar-refractivity contribution in [1.82, 2.24) is 15.0 Å². The third kappa shape index (κ3) is 3.70. The number of hydrogen-bond acceptors (Lipinski definition) is 6. The number of ether oxygens (including phenoxy) is 1. The van der Waals surface area contributed by atoms with Crippen molar-refractivity contribution in [2.75, 3.05) is 12.9 Å². The molecule has 1 aliphatic carbocycles. The fourth-order valence-electron chi connectivity index (χ4n) is 1.52. The van der Waals surface area contributed by atoms with Gasteiger partial charge in [-0.2, -0.15) is 15.0 Å². The van der Waals surface area contributed by atoms with Crippen LogP contribution in [0.15, 0.2) is 5.16 Å². The maximum atomic E-state index is 11.3. The van der Waals surface area contributed by atoms with Gasteiger partial charge in [0.15, 0.2) is 5.16 Å². The maximum Gasteiger partial charge on any atom is 0.306 e. The molecule has 1 saturated carbocycles. The minimum absolute atomic E-state index is 0.0172. The Morgan fingerprint density at radius 3 is 2.44 bits per heavy atom. The van der Waals surface area contributed by atoms with Crippen LogP contribution in [0.1, 0.15) is 19.3 Å². The van der Waals surface area contributed by atoms with Crippen molar-refractivity contribution in [3.63, 3.8) is 0 Å². The quantitative estimate of drug-likeness (QED) is 0.615. The smallest absolute Gasteiger partial charge is 0.306 e. The summed E-state index contributed by atoms with van der Waals surface area (Å²) in [5.41, 5.74) is 0.0172. The van der Waals surface area contributed by atoms with Gasteiger partial charge in [0.05, 0.1) is 13.5 Å². The number of nitrogens with zero attached hydrogens (tertiary/aromatic N) is 3. The second-order valence-electron chi connectivity index (χ2n) is 4.20. The molecule has 0 N–H and O–H groups in total. The summed E-state index contributed by atoms with van der Waals surface area (Å²) in [6.07, 6.45) is 2.46. The van der Waals surface area contributed by atoms with Crippen LogP contribution in [0.2, 0.25) is 10.6 Å². The van der Waals surface area contributed by atoms with Crippen LogP contribution in [0.4, 0.5) is 0 Å². The van der Waals surface area contributed by atoms with Crippen LogP contribution < -0.4 is 0 Å². The molecule has 1 aromatic heterocycles. The predicted molar refractivity (Wildman–Crippen MR) is 68.9 cm³/mol. The molecule has 0 radical (unpaired) electrons. The average molecular weight is 308 g/mol. The van der Waals surface area contributed by atoms with E-state index in [-0.39, 0.29) is 22.0 Å². The van der Waals surface area contributed by atoms with E-state index in [9.17, 15) is 4.79 Å². The van der Waals surface area contributed by atoms with Gasteiger partial charge in [0, 0.05) is 5.75 Å². The summed E-state index contributed by atoms with van der Waals surface area (Å²) in [5, 5.41) is 0.641. The topological polar surface area (TPSA) is 65.0 Å². The van der Waals surface area contributed by atoms with Gasteiger partial charge in [-0.1, -0.05) is 11.8 Å². The van der Waals surface area contributed by atoms with E-state index in [1.807, 2.05) is 0 Å². The molecule has 0 atom stereocenters. The first-order valence-corrected chi connectivity index (χ1v) is 7.04. The number of carbonyl (C=O) groups excluding carboxylic acids is 1. The zero-order chi connectivity index (χ0) is 13.2. The Labute approximate surface area is 119 Å². The Bertz CT molecular complexity index is 448. The first-order valence-electron chi connectivity index (χ1n) is 5.30. The standard InChI is InChI=1S/C10H11Cl2N3O2S/c1-17-6(16)4-10(2-3-10)5-18-9-14-7(11)13-8(12)15-9/h2-5H2,1H3. The number of rotatable bonds is 5. The molecule has 2 rings (SSSR count). The van der Waals surface area contributed by atoms with E-state index in [1.165, 1.54) is 18.9 Å². The van der Waals surface area contributed by atoms with Gasteiger partial charge < -0.3 is 4.74 Å². The highest BCUT2D eigenvalue weighted by atomic mass is 35.5. The predicted octanol–water partition coefficient (Wildman–Crippen LogP) is 2.61. The lowest BCUT2D eigenvalue weighted by molar-refractivity contribution is -0.141. The Morgan fingerprint density at radius 1 is 1.33 bits per heavy atom. The summed E-state index contributed by atoms with van der Waals surface area (Å²) in [5.74, 6) is 0.568. The highest BCUT2D eigenvalue weighted by Crippen LogP contribution is 2.51. The largest absolute Gasteiger partial charge is 0.469 e. The van der Waals surface area contributed by atoms with Crippen molar-refractivity contribution < 1.29 is 9.53 Å². The number of thioether (sulfide) groups is 1. The van der Waals surface area contributed by atoms with Gasteiger partial charge in [0.25, 0.3) is 0 Å². The molecule has 8 heteroatoms. The molecule has 1 heterocycles. The fourth-order valence-corrected chi connectivity index (χ4v) is 3.11. The number of hydrogen-bond donors (Lipinski definition) is 0. The fraction of sp³-hybridized carbons (Fsp3) is 0.600. The van der Waals surface area contributed by atoms with Gasteiger partial charge >= 0.3 is 5.97 Å². The first kappa shape index (κ1) is 13.8. The van der Waals surface area contributed by atoms with Crippen LogP contribution in [-0.2, 0) is 9.53 Å². The van der Waals surface area contributed by atoms with Gasteiger partial charge in [0.2, 0.25) is 10.6 Å². The van der Waals surface area contributed by atoms with E-state index in [0.29, 0.717) is 11.6 Å². The molecule has 0 bridgehead atoms. The third-order valence-corrected chi connectivity index (χ3v) is 4.31. The summed E-state index contributed by atoms with van der Waals surface area (Å²) in [7, 11) is 1.40. The molecule has 1 aromatic rings. The maximum absolute atomic E-state index is 11.3. The molecule has 0 saturated heterocycles. The monoisotopic (exact) mass is 307 g/mol. The van der Waals surface area contributed by atoms with Crippen molar-refractivity contribution in [2.24, 2.45) is 5.41 Å². The average Bonchev–Trinajstić information content (AvgIpc) is 3.05. The lowest BCUT2D eigenvalue weighted by atomic mass is 10.1. The molecule has 0 aromatic carbocycles. The Hall–Kier alpha value is -0.590. The van der Waals surface area contributed by atoms with Crippen molar-refractivity contribution >= 4 is 40.9 Å². The molecule has 0 unspecified atom stereocenters. The lowest BCUT2D eigenvalue weighted by Gasteiger charge is -2.12. The van der Waals surface area contributed by atoms with Crippen LogP contribution in [0.3, 0.4) is 0 Å². The molecule has 0 amide bonds. The zero-order valence-electron chi connectivity index (χ0n) is 9.65. The van der Waals surface area contributed by atoms with Gasteiger partial charge in [-0.25, -0.2) is 0 Å². The minimum atomic E-state index is -0.181.